The second kappa shape index (κ2) is 4.97. The van der Waals surface area contributed by atoms with Crippen molar-refractivity contribution in [3.05, 3.63) is 0 Å². The van der Waals surface area contributed by atoms with Gasteiger partial charge in [-0.1, -0.05) is 0 Å². The number of carbonyl (C=O) groups excluding carboxylic acids is 1. The highest BCUT2D eigenvalue weighted by molar-refractivity contribution is 5.69. The summed E-state index contributed by atoms with van der Waals surface area (Å²) in [6, 6.07) is 1.46. The van der Waals surface area contributed by atoms with Gasteiger partial charge in [-0.15, -0.1) is 0 Å². The average Bonchev–Trinajstić information content (AvgIpc) is 2.56. The zero-order valence-electron chi connectivity index (χ0n) is 9.50. The van der Waals surface area contributed by atoms with Crippen LogP contribution >= 0.6 is 0 Å². The maximum Gasteiger partial charge on any atom is 0.305 e. The SMILES string of the molecule is CCOC(=O)CCC1CC2CCC(C1)N2. The molecule has 2 fully saturated rings. The van der Waals surface area contributed by atoms with Gasteiger partial charge in [0.1, 0.15) is 0 Å². The Labute approximate surface area is 91.6 Å². The molecular weight excluding hydrogens is 190 g/mol. The van der Waals surface area contributed by atoms with Gasteiger partial charge in [0.2, 0.25) is 0 Å². The van der Waals surface area contributed by atoms with Crippen molar-refractivity contribution in [2.75, 3.05) is 6.61 Å². The minimum Gasteiger partial charge on any atom is -0.466 e. The molecule has 15 heavy (non-hydrogen) atoms. The van der Waals surface area contributed by atoms with Crippen LogP contribution in [0.1, 0.15) is 45.4 Å². The topological polar surface area (TPSA) is 38.3 Å². The highest BCUT2D eigenvalue weighted by Gasteiger charge is 2.33. The Kier molecular flexibility index (Phi) is 3.62. The summed E-state index contributed by atoms with van der Waals surface area (Å²) in [5.74, 6) is 0.719. The maximum absolute atomic E-state index is 11.2. The van der Waals surface area contributed by atoms with E-state index >= 15 is 0 Å². The number of piperidine rings is 1. The highest BCUT2D eigenvalue weighted by Crippen LogP contribution is 2.33. The summed E-state index contributed by atoms with van der Waals surface area (Å²) < 4.78 is 4.95. The molecule has 0 aromatic rings. The molecule has 0 aromatic carbocycles. The summed E-state index contributed by atoms with van der Waals surface area (Å²) in [7, 11) is 0. The molecule has 2 rings (SSSR count). The number of carbonyl (C=O) groups is 1. The molecule has 0 aromatic heterocycles. The van der Waals surface area contributed by atoms with Gasteiger partial charge in [0.05, 0.1) is 6.61 Å². The van der Waals surface area contributed by atoms with Gasteiger partial charge in [-0.05, 0) is 44.9 Å². The number of nitrogens with one attached hydrogen (secondary N) is 1. The number of rotatable bonds is 4. The second-order valence-corrected chi connectivity index (χ2v) is 4.82. The van der Waals surface area contributed by atoms with Crippen LogP contribution in [0, 0.1) is 5.92 Å². The maximum atomic E-state index is 11.2. The van der Waals surface area contributed by atoms with Crippen molar-refractivity contribution in [1.29, 1.82) is 0 Å². The molecule has 2 atom stereocenters. The van der Waals surface area contributed by atoms with Gasteiger partial charge in [-0.3, -0.25) is 4.79 Å². The van der Waals surface area contributed by atoms with Gasteiger partial charge in [0, 0.05) is 18.5 Å². The molecule has 0 amide bonds. The van der Waals surface area contributed by atoms with Crippen LogP contribution in [0.25, 0.3) is 0 Å². The summed E-state index contributed by atoms with van der Waals surface area (Å²) >= 11 is 0. The van der Waals surface area contributed by atoms with Gasteiger partial charge >= 0.3 is 5.97 Å². The molecule has 2 saturated heterocycles. The first-order valence-corrected chi connectivity index (χ1v) is 6.19. The molecule has 3 nitrogen and oxygen atoms in total. The number of hydrogen-bond donors (Lipinski definition) is 1. The fourth-order valence-electron chi connectivity index (χ4n) is 2.97. The molecule has 1 N–H and O–H groups in total. The second-order valence-electron chi connectivity index (χ2n) is 4.82. The number of fused-ring (bicyclic) bond motifs is 2. The van der Waals surface area contributed by atoms with E-state index < -0.39 is 0 Å². The Balaban J connectivity index is 1.69. The van der Waals surface area contributed by atoms with E-state index in [2.05, 4.69) is 5.32 Å². The van der Waals surface area contributed by atoms with E-state index in [-0.39, 0.29) is 5.97 Å². The zero-order chi connectivity index (χ0) is 10.7. The van der Waals surface area contributed by atoms with Crippen LogP contribution in [0.3, 0.4) is 0 Å². The van der Waals surface area contributed by atoms with E-state index in [1.54, 1.807) is 0 Å². The Bertz CT molecular complexity index is 218. The molecule has 2 bridgehead atoms. The van der Waals surface area contributed by atoms with Crippen molar-refractivity contribution < 1.29 is 9.53 Å². The summed E-state index contributed by atoms with van der Waals surface area (Å²) in [5, 5.41) is 3.62. The van der Waals surface area contributed by atoms with Crippen LogP contribution in [-0.2, 0) is 9.53 Å². The predicted octanol–water partition coefficient (Wildman–Crippen LogP) is 1.86. The largest absolute Gasteiger partial charge is 0.466 e. The van der Waals surface area contributed by atoms with Crippen LogP contribution in [0.2, 0.25) is 0 Å². The van der Waals surface area contributed by atoms with Crippen molar-refractivity contribution in [2.45, 2.75) is 57.5 Å². The first-order chi connectivity index (χ1) is 7.28. The minimum atomic E-state index is -0.0246. The van der Waals surface area contributed by atoms with Crippen molar-refractivity contribution in [3.8, 4) is 0 Å². The Morgan fingerprint density at radius 3 is 2.60 bits per heavy atom. The Hall–Kier alpha value is -0.570. The van der Waals surface area contributed by atoms with Crippen molar-refractivity contribution in [1.82, 2.24) is 5.32 Å². The van der Waals surface area contributed by atoms with Gasteiger partial charge in [-0.2, -0.15) is 0 Å². The fourth-order valence-corrected chi connectivity index (χ4v) is 2.97. The molecule has 2 heterocycles. The third-order valence-electron chi connectivity index (χ3n) is 3.63. The summed E-state index contributed by atoms with van der Waals surface area (Å²) in [5.41, 5.74) is 0. The van der Waals surface area contributed by atoms with Crippen molar-refractivity contribution >= 4 is 5.97 Å². The lowest BCUT2D eigenvalue weighted by Gasteiger charge is -2.28. The quantitative estimate of drug-likeness (QED) is 0.721. The lowest BCUT2D eigenvalue weighted by atomic mass is 9.89. The van der Waals surface area contributed by atoms with E-state index in [0.717, 1.165) is 24.4 Å². The molecule has 3 heteroatoms. The first kappa shape index (κ1) is 10.9. The number of esters is 1. The number of ether oxygens (including phenoxy) is 1. The smallest absolute Gasteiger partial charge is 0.305 e. The first-order valence-electron chi connectivity index (χ1n) is 6.19. The Morgan fingerprint density at radius 2 is 2.00 bits per heavy atom. The van der Waals surface area contributed by atoms with E-state index in [1.165, 1.54) is 25.7 Å². The highest BCUT2D eigenvalue weighted by atomic mass is 16.5. The fraction of sp³-hybridized carbons (Fsp3) is 0.917. The van der Waals surface area contributed by atoms with E-state index in [9.17, 15) is 4.79 Å². The third-order valence-corrected chi connectivity index (χ3v) is 3.63. The monoisotopic (exact) mass is 211 g/mol. The van der Waals surface area contributed by atoms with Crippen LogP contribution in [-0.4, -0.2) is 24.7 Å². The van der Waals surface area contributed by atoms with Gasteiger partial charge in [-0.25, -0.2) is 0 Å². The standard InChI is InChI=1S/C12H21NO2/c1-2-15-12(14)6-3-9-7-10-4-5-11(8-9)13-10/h9-11,13H,2-8H2,1H3. The molecule has 0 saturated carbocycles. The van der Waals surface area contributed by atoms with Gasteiger partial charge < -0.3 is 10.1 Å². The summed E-state index contributed by atoms with van der Waals surface area (Å²) in [6.45, 7) is 2.37. The minimum absolute atomic E-state index is 0.0246. The van der Waals surface area contributed by atoms with E-state index in [0.29, 0.717) is 13.0 Å². The molecule has 2 aliphatic heterocycles. The zero-order valence-corrected chi connectivity index (χ0v) is 9.50. The van der Waals surface area contributed by atoms with Crippen LogP contribution < -0.4 is 5.32 Å². The van der Waals surface area contributed by atoms with Crippen molar-refractivity contribution in [2.24, 2.45) is 5.92 Å². The van der Waals surface area contributed by atoms with Gasteiger partial charge in [0.25, 0.3) is 0 Å². The lowest BCUT2D eigenvalue weighted by molar-refractivity contribution is -0.143. The molecule has 86 valence electrons. The molecular formula is C12H21NO2. The molecule has 2 unspecified atom stereocenters. The van der Waals surface area contributed by atoms with Gasteiger partial charge in [0.15, 0.2) is 0 Å². The normalized spacial score (nSPS) is 34.1. The molecule has 0 aliphatic carbocycles. The molecule has 0 radical (unpaired) electrons. The lowest BCUT2D eigenvalue weighted by Crippen LogP contribution is -2.38. The van der Waals surface area contributed by atoms with E-state index in [1.807, 2.05) is 6.92 Å². The van der Waals surface area contributed by atoms with Crippen LogP contribution in [0.15, 0.2) is 0 Å². The van der Waals surface area contributed by atoms with Crippen LogP contribution in [0.4, 0.5) is 0 Å². The predicted molar refractivity (Wildman–Crippen MR) is 58.5 cm³/mol. The average molecular weight is 211 g/mol. The number of hydrogen-bond acceptors (Lipinski definition) is 3. The van der Waals surface area contributed by atoms with Crippen molar-refractivity contribution in [3.63, 3.8) is 0 Å². The van der Waals surface area contributed by atoms with Crippen LogP contribution in [0.5, 0.6) is 0 Å². The molecule has 0 spiro atoms. The third kappa shape index (κ3) is 2.94. The summed E-state index contributed by atoms with van der Waals surface area (Å²) in [6.07, 6.45) is 6.82. The Morgan fingerprint density at radius 1 is 1.33 bits per heavy atom. The summed E-state index contributed by atoms with van der Waals surface area (Å²) in [4.78, 5) is 11.2. The van der Waals surface area contributed by atoms with E-state index in [4.69, 9.17) is 4.74 Å². The molecule has 2 aliphatic rings.